The van der Waals surface area contributed by atoms with E-state index in [-0.39, 0.29) is 21.3 Å². The fraction of sp³-hybridized carbons (Fsp3) is 0.368. The van der Waals surface area contributed by atoms with Crippen LogP contribution in [0, 0.1) is 0 Å². The van der Waals surface area contributed by atoms with Crippen molar-refractivity contribution < 1.29 is 23.5 Å². The monoisotopic (exact) mass is 449 g/mol. The number of aliphatic carboxylic acids is 1. The first-order valence-electron chi connectivity index (χ1n) is 9.60. The van der Waals surface area contributed by atoms with Crippen molar-refractivity contribution in [2.24, 2.45) is 7.05 Å². The molecule has 0 aliphatic carbocycles. The van der Waals surface area contributed by atoms with Gasteiger partial charge in [-0.15, -0.1) is 0 Å². The number of hydroxylamine groups is 1. The summed E-state index contributed by atoms with van der Waals surface area (Å²) in [5.41, 5.74) is 1.81. The van der Waals surface area contributed by atoms with Crippen LogP contribution in [0.15, 0.2) is 34.0 Å². The van der Waals surface area contributed by atoms with Crippen LogP contribution < -0.4 is 5.56 Å². The molecule has 0 saturated heterocycles. The summed E-state index contributed by atoms with van der Waals surface area (Å²) in [7, 11) is -2.61. The van der Waals surface area contributed by atoms with E-state index in [4.69, 9.17) is 5.11 Å². The van der Waals surface area contributed by atoms with Crippen LogP contribution in [0.5, 0.6) is 0 Å². The smallest absolute Gasteiger partial charge is 0.304 e. The Morgan fingerprint density at radius 3 is 2.74 bits per heavy atom. The average molecular weight is 449 g/mol. The fourth-order valence-electron chi connectivity index (χ4n) is 3.22. The molecule has 0 unspecified atom stereocenters. The number of carboxylic acids is 1. The number of sulfonamides is 1. The molecule has 2 aromatic heterocycles. The van der Waals surface area contributed by atoms with E-state index in [2.05, 4.69) is 15.1 Å². The van der Waals surface area contributed by atoms with E-state index in [0.717, 1.165) is 12.1 Å². The summed E-state index contributed by atoms with van der Waals surface area (Å²) in [6.07, 6.45) is 1.13. The average Bonchev–Trinajstić information content (AvgIpc) is 3.02. The molecule has 0 aliphatic rings. The van der Waals surface area contributed by atoms with Gasteiger partial charge >= 0.3 is 5.97 Å². The molecule has 12 heteroatoms. The summed E-state index contributed by atoms with van der Waals surface area (Å²) < 4.78 is 26.5. The number of carbonyl (C=O) groups is 1. The summed E-state index contributed by atoms with van der Waals surface area (Å²) in [5, 5.41) is 22.9. The lowest BCUT2D eigenvalue weighted by Gasteiger charge is -2.14. The zero-order valence-corrected chi connectivity index (χ0v) is 17.9. The molecule has 0 atom stereocenters. The van der Waals surface area contributed by atoms with Crippen LogP contribution in [0.25, 0.3) is 11.0 Å². The minimum atomic E-state index is -4.28. The number of nitrogens with one attached hydrogen (secondary N) is 1. The maximum Gasteiger partial charge on any atom is 0.304 e. The van der Waals surface area contributed by atoms with Crippen molar-refractivity contribution in [2.45, 2.75) is 37.5 Å². The van der Waals surface area contributed by atoms with Crippen molar-refractivity contribution in [1.82, 2.24) is 24.2 Å². The van der Waals surface area contributed by atoms with Gasteiger partial charge in [-0.25, -0.2) is 13.4 Å². The number of nitrogens with zero attached hydrogens (tertiary/aromatic N) is 4. The first-order valence-corrected chi connectivity index (χ1v) is 11.0. The molecular formula is C19H23N5O6S. The minimum absolute atomic E-state index is 0.0130. The molecule has 0 aliphatic heterocycles. The third-order valence-electron chi connectivity index (χ3n) is 4.66. The van der Waals surface area contributed by atoms with Crippen molar-refractivity contribution in [3.8, 4) is 0 Å². The summed E-state index contributed by atoms with van der Waals surface area (Å²) in [5.74, 6) is -0.879. The third kappa shape index (κ3) is 4.81. The van der Waals surface area contributed by atoms with Crippen LogP contribution >= 0.6 is 0 Å². The van der Waals surface area contributed by atoms with Crippen molar-refractivity contribution >= 4 is 27.0 Å². The highest BCUT2D eigenvalue weighted by Crippen LogP contribution is 2.19. The van der Waals surface area contributed by atoms with Gasteiger partial charge in [-0.2, -0.15) is 5.10 Å². The Hall–Kier alpha value is -3.09. The molecule has 0 saturated carbocycles. The Morgan fingerprint density at radius 2 is 2.06 bits per heavy atom. The van der Waals surface area contributed by atoms with E-state index in [0.29, 0.717) is 28.8 Å². The highest BCUT2D eigenvalue weighted by atomic mass is 32.2. The lowest BCUT2D eigenvalue weighted by molar-refractivity contribution is -0.138. The van der Waals surface area contributed by atoms with Gasteiger partial charge in [0.25, 0.3) is 15.6 Å². The fourth-order valence-corrected chi connectivity index (χ4v) is 4.35. The molecule has 0 fully saturated rings. The Labute approximate surface area is 178 Å². The predicted octanol–water partition coefficient (Wildman–Crippen LogP) is 1.05. The van der Waals surface area contributed by atoms with Crippen LogP contribution in [-0.2, 0) is 34.7 Å². The quantitative estimate of drug-likeness (QED) is 0.409. The molecule has 3 aromatic rings. The standard InChI is InChI=1S/C19H23N5O6S/c1-3-5-14-17-18(23(2)22-14)19(27)21-15(20-17)11-12-6-4-7-13(10-12)31(29,30)24(28)9-8-16(25)26/h4,6-7,10,28H,3,5,8-9,11H2,1-2H3,(H,25,26)(H,20,21,27). The van der Waals surface area contributed by atoms with Crippen molar-refractivity contribution in [1.29, 1.82) is 0 Å². The molecule has 3 N–H and O–H groups in total. The Kier molecular flexibility index (Phi) is 6.53. The van der Waals surface area contributed by atoms with Gasteiger partial charge in [-0.3, -0.25) is 19.5 Å². The SMILES string of the molecule is CCCc1nn(C)c2c(=O)[nH]c(Cc3cccc(S(=O)(=O)N(O)CCC(=O)O)c3)nc12. The summed E-state index contributed by atoms with van der Waals surface area (Å²) in [6, 6.07) is 5.80. The molecule has 0 amide bonds. The molecule has 11 nitrogen and oxygen atoms in total. The molecule has 0 spiro atoms. The highest BCUT2D eigenvalue weighted by molar-refractivity contribution is 7.89. The minimum Gasteiger partial charge on any atom is -0.481 e. The lowest BCUT2D eigenvalue weighted by Crippen LogP contribution is -2.30. The Morgan fingerprint density at radius 1 is 1.32 bits per heavy atom. The van der Waals surface area contributed by atoms with Crippen molar-refractivity contribution in [3.63, 3.8) is 0 Å². The van der Waals surface area contributed by atoms with E-state index in [1.54, 1.807) is 13.1 Å². The number of carboxylic acid groups (broad SMARTS) is 1. The zero-order chi connectivity index (χ0) is 22.8. The van der Waals surface area contributed by atoms with E-state index < -0.39 is 29.0 Å². The van der Waals surface area contributed by atoms with E-state index >= 15 is 0 Å². The van der Waals surface area contributed by atoms with E-state index in [1.807, 2.05) is 6.92 Å². The normalized spacial score (nSPS) is 12.0. The second kappa shape index (κ2) is 8.96. The molecule has 3 rings (SSSR count). The second-order valence-corrected chi connectivity index (χ2v) is 8.89. The summed E-state index contributed by atoms with van der Waals surface area (Å²) in [6.45, 7) is 1.43. The van der Waals surface area contributed by atoms with Gasteiger partial charge in [-0.1, -0.05) is 29.9 Å². The first-order chi connectivity index (χ1) is 14.6. The van der Waals surface area contributed by atoms with Gasteiger partial charge in [0.15, 0.2) is 5.52 Å². The molecule has 0 bridgehead atoms. The van der Waals surface area contributed by atoms with Gasteiger partial charge in [0, 0.05) is 13.5 Å². The number of hydrogen-bond acceptors (Lipinski definition) is 7. The van der Waals surface area contributed by atoms with E-state index in [9.17, 15) is 23.2 Å². The molecule has 2 heterocycles. The first kappa shape index (κ1) is 22.6. The van der Waals surface area contributed by atoms with Gasteiger partial charge in [0.1, 0.15) is 11.3 Å². The van der Waals surface area contributed by atoms with Crippen molar-refractivity contribution in [3.05, 3.63) is 51.7 Å². The van der Waals surface area contributed by atoms with Gasteiger partial charge in [-0.05, 0) is 24.1 Å². The molecular weight excluding hydrogens is 426 g/mol. The predicted molar refractivity (Wildman–Crippen MR) is 110 cm³/mol. The number of aryl methyl sites for hydroxylation is 2. The summed E-state index contributed by atoms with van der Waals surface area (Å²) in [4.78, 5) is 30.2. The zero-order valence-electron chi connectivity index (χ0n) is 17.1. The van der Waals surface area contributed by atoms with Gasteiger partial charge < -0.3 is 10.1 Å². The maximum absolute atomic E-state index is 12.5. The van der Waals surface area contributed by atoms with Crippen LogP contribution in [0.4, 0.5) is 0 Å². The van der Waals surface area contributed by atoms with E-state index in [1.165, 1.54) is 22.9 Å². The number of rotatable bonds is 9. The van der Waals surface area contributed by atoms with Crippen LogP contribution in [-0.4, -0.2) is 55.5 Å². The van der Waals surface area contributed by atoms with Crippen molar-refractivity contribution in [2.75, 3.05) is 6.54 Å². The topological polar surface area (TPSA) is 158 Å². The number of benzene rings is 1. The number of H-pyrrole nitrogens is 1. The van der Waals surface area contributed by atoms with Crippen LogP contribution in [0.2, 0.25) is 0 Å². The summed E-state index contributed by atoms with van der Waals surface area (Å²) >= 11 is 0. The van der Waals surface area contributed by atoms with Crippen LogP contribution in [0.1, 0.15) is 36.8 Å². The number of aromatic amines is 1. The maximum atomic E-state index is 12.5. The third-order valence-corrected chi connectivity index (χ3v) is 6.25. The number of aromatic nitrogens is 4. The lowest BCUT2D eigenvalue weighted by atomic mass is 10.1. The Balaban J connectivity index is 1.92. The Bertz CT molecular complexity index is 1280. The molecule has 31 heavy (non-hydrogen) atoms. The number of hydrogen-bond donors (Lipinski definition) is 3. The molecule has 166 valence electrons. The van der Waals surface area contributed by atoms with Gasteiger partial charge in [0.2, 0.25) is 0 Å². The largest absolute Gasteiger partial charge is 0.481 e. The number of fused-ring (bicyclic) bond motifs is 1. The van der Waals surface area contributed by atoms with Gasteiger partial charge in [0.05, 0.1) is 23.6 Å². The highest BCUT2D eigenvalue weighted by Gasteiger charge is 2.24. The van der Waals surface area contributed by atoms with Crippen LogP contribution in [0.3, 0.4) is 0 Å². The molecule has 0 radical (unpaired) electrons. The molecule has 1 aromatic carbocycles. The second-order valence-electron chi connectivity index (χ2n) is 7.05.